The standard InChI is InChI=1S/C9H18FN.2C2H6/c1-7(2)8-4-5-11(3)6-9(8)10;2*1-2/h7-9H,4-6H2,1-3H3;2*1-2H3. The Morgan fingerprint density at radius 1 is 1.13 bits per heavy atom. The van der Waals surface area contributed by atoms with Crippen LogP contribution in [0.4, 0.5) is 4.39 Å². The molecule has 1 aliphatic rings. The fourth-order valence-electron chi connectivity index (χ4n) is 1.83. The van der Waals surface area contributed by atoms with Crippen molar-refractivity contribution >= 4 is 0 Å². The third-order valence-corrected chi connectivity index (χ3v) is 2.65. The fraction of sp³-hybridized carbons (Fsp3) is 1.00. The van der Waals surface area contributed by atoms with Gasteiger partial charge in [-0.05, 0) is 31.8 Å². The summed E-state index contributed by atoms with van der Waals surface area (Å²) in [6, 6.07) is 0. The molecule has 94 valence electrons. The minimum Gasteiger partial charge on any atom is -0.303 e. The van der Waals surface area contributed by atoms with Crippen LogP contribution in [0.5, 0.6) is 0 Å². The molecule has 1 fully saturated rings. The van der Waals surface area contributed by atoms with Crippen LogP contribution in [0.2, 0.25) is 0 Å². The summed E-state index contributed by atoms with van der Waals surface area (Å²) in [5.74, 6) is 0.796. The summed E-state index contributed by atoms with van der Waals surface area (Å²) in [6.45, 7) is 13.9. The molecule has 2 atom stereocenters. The molecule has 0 N–H and O–H groups in total. The Labute approximate surface area is 96.0 Å². The highest BCUT2D eigenvalue weighted by molar-refractivity contribution is 4.80. The molecule has 0 aliphatic carbocycles. The number of piperidine rings is 1. The van der Waals surface area contributed by atoms with Gasteiger partial charge in [0, 0.05) is 6.54 Å². The van der Waals surface area contributed by atoms with E-state index in [1.165, 1.54) is 0 Å². The van der Waals surface area contributed by atoms with Crippen LogP contribution in [0, 0.1) is 11.8 Å². The van der Waals surface area contributed by atoms with Crippen molar-refractivity contribution in [2.45, 2.75) is 54.1 Å². The molecular formula is C13H30FN. The van der Waals surface area contributed by atoms with Crippen LogP contribution >= 0.6 is 0 Å². The summed E-state index contributed by atoms with van der Waals surface area (Å²) < 4.78 is 13.3. The molecule has 0 spiro atoms. The van der Waals surface area contributed by atoms with Gasteiger partial charge >= 0.3 is 0 Å². The van der Waals surface area contributed by atoms with Crippen molar-refractivity contribution in [3.8, 4) is 0 Å². The predicted molar refractivity (Wildman–Crippen MR) is 68.0 cm³/mol. The fourth-order valence-corrected chi connectivity index (χ4v) is 1.83. The predicted octanol–water partition coefficient (Wildman–Crippen LogP) is 3.98. The molecule has 1 aliphatic heterocycles. The van der Waals surface area contributed by atoms with E-state index >= 15 is 0 Å². The van der Waals surface area contributed by atoms with Gasteiger partial charge in [-0.1, -0.05) is 41.5 Å². The third-order valence-electron chi connectivity index (χ3n) is 2.65. The first-order chi connectivity index (χ1) is 7.11. The molecule has 0 saturated carbocycles. The van der Waals surface area contributed by atoms with Gasteiger partial charge < -0.3 is 4.90 Å². The Morgan fingerprint density at radius 3 is 1.93 bits per heavy atom. The van der Waals surface area contributed by atoms with E-state index in [4.69, 9.17) is 0 Å². The summed E-state index contributed by atoms with van der Waals surface area (Å²) in [5.41, 5.74) is 0. The van der Waals surface area contributed by atoms with E-state index in [0.717, 1.165) is 13.0 Å². The average Bonchev–Trinajstić information content (AvgIpc) is 2.23. The Balaban J connectivity index is 0. The SMILES string of the molecule is CC.CC.CC(C)C1CCN(C)CC1F. The van der Waals surface area contributed by atoms with E-state index < -0.39 is 6.17 Å². The zero-order valence-corrected chi connectivity index (χ0v) is 11.7. The van der Waals surface area contributed by atoms with Gasteiger partial charge in [0.25, 0.3) is 0 Å². The second-order valence-corrected chi connectivity index (χ2v) is 3.97. The van der Waals surface area contributed by atoms with E-state index in [1.54, 1.807) is 0 Å². The van der Waals surface area contributed by atoms with Gasteiger partial charge in [0.15, 0.2) is 0 Å². The lowest BCUT2D eigenvalue weighted by atomic mass is 9.85. The van der Waals surface area contributed by atoms with Gasteiger partial charge in [0.05, 0.1) is 0 Å². The Hall–Kier alpha value is -0.110. The van der Waals surface area contributed by atoms with E-state index in [0.29, 0.717) is 18.4 Å². The Kier molecular flexibility index (Phi) is 12.0. The quantitative estimate of drug-likeness (QED) is 0.644. The topological polar surface area (TPSA) is 3.24 Å². The highest BCUT2D eigenvalue weighted by Crippen LogP contribution is 2.26. The minimum absolute atomic E-state index is 0.297. The van der Waals surface area contributed by atoms with E-state index in [9.17, 15) is 4.39 Å². The number of hydrogen-bond donors (Lipinski definition) is 0. The number of alkyl halides is 1. The van der Waals surface area contributed by atoms with E-state index in [1.807, 2.05) is 34.7 Å². The molecular weight excluding hydrogens is 189 g/mol. The highest BCUT2D eigenvalue weighted by atomic mass is 19.1. The maximum Gasteiger partial charge on any atom is 0.116 e. The molecule has 1 heterocycles. The molecule has 0 aromatic rings. The average molecular weight is 219 g/mol. The van der Waals surface area contributed by atoms with Crippen molar-refractivity contribution in [2.24, 2.45) is 11.8 Å². The summed E-state index contributed by atoms with van der Waals surface area (Å²) in [6.07, 6.45) is 0.420. The Bertz CT molecular complexity index is 126. The molecule has 2 unspecified atom stereocenters. The molecule has 0 amide bonds. The molecule has 15 heavy (non-hydrogen) atoms. The molecule has 0 aromatic heterocycles. The summed E-state index contributed by atoms with van der Waals surface area (Å²) >= 11 is 0. The largest absolute Gasteiger partial charge is 0.303 e. The summed E-state index contributed by atoms with van der Waals surface area (Å²) in [4.78, 5) is 2.07. The number of halogens is 1. The lowest BCUT2D eigenvalue weighted by Crippen LogP contribution is -2.41. The van der Waals surface area contributed by atoms with Crippen LogP contribution in [0.1, 0.15) is 48.0 Å². The van der Waals surface area contributed by atoms with Crippen LogP contribution < -0.4 is 0 Å². The first kappa shape index (κ1) is 17.3. The number of nitrogens with zero attached hydrogens (tertiary/aromatic N) is 1. The van der Waals surface area contributed by atoms with Gasteiger partial charge in [-0.3, -0.25) is 0 Å². The number of rotatable bonds is 1. The second kappa shape index (κ2) is 10.4. The lowest BCUT2D eigenvalue weighted by Gasteiger charge is -2.34. The summed E-state index contributed by atoms with van der Waals surface area (Å²) in [5, 5.41) is 0. The molecule has 1 saturated heterocycles. The zero-order valence-electron chi connectivity index (χ0n) is 11.7. The maximum atomic E-state index is 13.3. The zero-order chi connectivity index (χ0) is 12.4. The maximum absolute atomic E-state index is 13.3. The molecule has 1 rings (SSSR count). The van der Waals surface area contributed by atoms with E-state index in [2.05, 4.69) is 18.7 Å². The van der Waals surface area contributed by atoms with Crippen molar-refractivity contribution in [3.63, 3.8) is 0 Å². The van der Waals surface area contributed by atoms with Crippen molar-refractivity contribution in [3.05, 3.63) is 0 Å². The van der Waals surface area contributed by atoms with Gasteiger partial charge in [0.2, 0.25) is 0 Å². The molecule has 0 radical (unpaired) electrons. The first-order valence-electron chi connectivity index (χ1n) is 6.44. The first-order valence-corrected chi connectivity index (χ1v) is 6.44. The van der Waals surface area contributed by atoms with Gasteiger partial charge in [-0.2, -0.15) is 0 Å². The number of likely N-dealkylation sites (tertiary alicyclic amines) is 1. The normalized spacial score (nSPS) is 26.2. The highest BCUT2D eigenvalue weighted by Gasteiger charge is 2.29. The second-order valence-electron chi connectivity index (χ2n) is 3.97. The van der Waals surface area contributed by atoms with Gasteiger partial charge in [-0.25, -0.2) is 4.39 Å². The molecule has 2 heteroatoms. The van der Waals surface area contributed by atoms with Crippen LogP contribution in [-0.2, 0) is 0 Å². The summed E-state index contributed by atoms with van der Waals surface area (Å²) in [7, 11) is 1.99. The lowest BCUT2D eigenvalue weighted by molar-refractivity contribution is 0.0758. The van der Waals surface area contributed by atoms with Gasteiger partial charge in [0.1, 0.15) is 6.17 Å². The monoisotopic (exact) mass is 219 g/mol. The van der Waals surface area contributed by atoms with Crippen LogP contribution in [0.25, 0.3) is 0 Å². The van der Waals surface area contributed by atoms with Crippen molar-refractivity contribution < 1.29 is 4.39 Å². The van der Waals surface area contributed by atoms with Crippen LogP contribution in [0.3, 0.4) is 0 Å². The number of hydrogen-bond acceptors (Lipinski definition) is 1. The van der Waals surface area contributed by atoms with Crippen molar-refractivity contribution in [1.82, 2.24) is 4.90 Å². The smallest absolute Gasteiger partial charge is 0.116 e. The van der Waals surface area contributed by atoms with Gasteiger partial charge in [-0.15, -0.1) is 0 Å². The minimum atomic E-state index is -0.603. The molecule has 1 nitrogen and oxygen atoms in total. The van der Waals surface area contributed by atoms with E-state index in [-0.39, 0.29) is 0 Å². The van der Waals surface area contributed by atoms with Crippen molar-refractivity contribution in [2.75, 3.05) is 20.1 Å². The van der Waals surface area contributed by atoms with Crippen molar-refractivity contribution in [1.29, 1.82) is 0 Å². The third kappa shape index (κ3) is 6.88. The molecule has 0 aromatic carbocycles. The van der Waals surface area contributed by atoms with Crippen LogP contribution in [-0.4, -0.2) is 31.2 Å². The van der Waals surface area contributed by atoms with Crippen LogP contribution in [0.15, 0.2) is 0 Å². The molecule has 0 bridgehead atoms. The Morgan fingerprint density at radius 2 is 1.60 bits per heavy atom.